The van der Waals surface area contributed by atoms with E-state index in [1.807, 2.05) is 13.8 Å². The molecule has 0 aromatic carbocycles. The molecule has 0 radical (unpaired) electrons. The summed E-state index contributed by atoms with van der Waals surface area (Å²) in [5.74, 6) is 1.08. The van der Waals surface area contributed by atoms with Gasteiger partial charge < -0.3 is 19.7 Å². The van der Waals surface area contributed by atoms with Crippen molar-refractivity contribution in [3.05, 3.63) is 11.7 Å². The molecule has 134 valence electrons. The zero-order chi connectivity index (χ0) is 17.2. The number of carbonyl (C=O) groups is 1. The number of nitrogens with zero attached hydrogens (tertiary/aromatic N) is 2. The zero-order valence-electron chi connectivity index (χ0n) is 14.5. The highest BCUT2D eigenvalue weighted by atomic mass is 16.5. The Morgan fingerprint density at radius 2 is 1.96 bits per heavy atom. The van der Waals surface area contributed by atoms with Crippen molar-refractivity contribution in [3.8, 4) is 0 Å². The Kier molecular flexibility index (Phi) is 5.20. The maximum absolute atomic E-state index is 12.7. The first kappa shape index (κ1) is 17.4. The summed E-state index contributed by atoms with van der Waals surface area (Å²) >= 11 is 0. The van der Waals surface area contributed by atoms with E-state index < -0.39 is 5.60 Å². The van der Waals surface area contributed by atoms with Crippen molar-refractivity contribution in [1.29, 1.82) is 0 Å². The summed E-state index contributed by atoms with van der Waals surface area (Å²) in [6.45, 7) is 5.31. The van der Waals surface area contributed by atoms with Crippen molar-refractivity contribution in [1.82, 2.24) is 15.5 Å². The standard InChI is InChI=1S/C17H27N3O4/c1-11(2)14-19-15(24-20-14)13(12-5-9-23-10-6-12)18-16(21)17(22)7-3-4-8-17/h11-13,22H,3-10H2,1-2H3,(H,18,21)/t13-/m1/s1. The van der Waals surface area contributed by atoms with Crippen molar-refractivity contribution in [2.75, 3.05) is 13.2 Å². The van der Waals surface area contributed by atoms with Crippen molar-refractivity contribution in [2.24, 2.45) is 5.92 Å². The molecule has 1 saturated heterocycles. The number of ether oxygens (including phenoxy) is 1. The van der Waals surface area contributed by atoms with Crippen LogP contribution in [-0.2, 0) is 9.53 Å². The van der Waals surface area contributed by atoms with Crippen LogP contribution in [0.15, 0.2) is 4.52 Å². The molecule has 7 nitrogen and oxygen atoms in total. The summed E-state index contributed by atoms with van der Waals surface area (Å²) in [5.41, 5.74) is -1.26. The van der Waals surface area contributed by atoms with E-state index in [-0.39, 0.29) is 23.8 Å². The minimum Gasteiger partial charge on any atom is -0.381 e. The molecule has 24 heavy (non-hydrogen) atoms. The third-order valence-corrected chi connectivity index (χ3v) is 5.12. The molecule has 1 aliphatic heterocycles. The Hall–Kier alpha value is -1.47. The van der Waals surface area contributed by atoms with E-state index in [0.717, 1.165) is 25.7 Å². The van der Waals surface area contributed by atoms with Crippen LogP contribution in [0, 0.1) is 5.92 Å². The number of aliphatic hydroxyl groups is 1. The smallest absolute Gasteiger partial charge is 0.252 e. The summed E-state index contributed by atoms with van der Waals surface area (Å²) < 4.78 is 10.9. The molecular weight excluding hydrogens is 310 g/mol. The Morgan fingerprint density at radius 3 is 2.54 bits per heavy atom. The molecule has 0 unspecified atom stereocenters. The quantitative estimate of drug-likeness (QED) is 0.854. The van der Waals surface area contributed by atoms with Crippen LogP contribution >= 0.6 is 0 Å². The number of aromatic nitrogens is 2. The van der Waals surface area contributed by atoms with Crippen LogP contribution in [0.5, 0.6) is 0 Å². The summed E-state index contributed by atoms with van der Waals surface area (Å²) in [5, 5.41) is 17.6. The highest BCUT2D eigenvalue weighted by Crippen LogP contribution is 2.33. The average Bonchev–Trinajstić information content (AvgIpc) is 3.23. The topological polar surface area (TPSA) is 97.5 Å². The molecule has 1 aromatic heterocycles. The van der Waals surface area contributed by atoms with E-state index in [4.69, 9.17) is 9.26 Å². The Balaban J connectivity index is 1.79. The third kappa shape index (κ3) is 3.62. The third-order valence-electron chi connectivity index (χ3n) is 5.12. The van der Waals surface area contributed by atoms with E-state index in [2.05, 4.69) is 15.5 Å². The fourth-order valence-electron chi connectivity index (χ4n) is 3.50. The van der Waals surface area contributed by atoms with Gasteiger partial charge in [-0.25, -0.2) is 0 Å². The Bertz CT molecular complexity index is 560. The van der Waals surface area contributed by atoms with Gasteiger partial charge in [0.15, 0.2) is 5.82 Å². The largest absolute Gasteiger partial charge is 0.381 e. The summed E-state index contributed by atoms with van der Waals surface area (Å²) in [4.78, 5) is 17.1. The van der Waals surface area contributed by atoms with Crippen LogP contribution in [0.1, 0.15) is 76.0 Å². The van der Waals surface area contributed by atoms with Gasteiger partial charge in [0.2, 0.25) is 5.89 Å². The number of nitrogens with one attached hydrogen (secondary N) is 1. The maximum atomic E-state index is 12.7. The van der Waals surface area contributed by atoms with Gasteiger partial charge in [-0.05, 0) is 44.4 Å². The lowest BCUT2D eigenvalue weighted by atomic mass is 9.90. The van der Waals surface area contributed by atoms with Gasteiger partial charge in [-0.15, -0.1) is 0 Å². The second kappa shape index (κ2) is 7.19. The van der Waals surface area contributed by atoms with Crippen LogP contribution in [0.25, 0.3) is 0 Å². The van der Waals surface area contributed by atoms with Gasteiger partial charge >= 0.3 is 0 Å². The van der Waals surface area contributed by atoms with Crippen LogP contribution in [0.4, 0.5) is 0 Å². The molecule has 0 bridgehead atoms. The van der Waals surface area contributed by atoms with Crippen LogP contribution in [-0.4, -0.2) is 40.0 Å². The van der Waals surface area contributed by atoms with Gasteiger partial charge in [0.05, 0.1) is 0 Å². The van der Waals surface area contributed by atoms with E-state index in [1.54, 1.807) is 0 Å². The molecule has 1 atom stereocenters. The predicted octanol–water partition coefficient (Wildman–Crippen LogP) is 2.08. The first-order valence-corrected chi connectivity index (χ1v) is 8.94. The summed E-state index contributed by atoms with van der Waals surface area (Å²) in [7, 11) is 0. The van der Waals surface area contributed by atoms with Gasteiger partial charge in [-0.1, -0.05) is 19.0 Å². The molecule has 7 heteroatoms. The Morgan fingerprint density at radius 1 is 1.29 bits per heavy atom. The molecule has 1 aromatic rings. The van der Waals surface area contributed by atoms with Crippen molar-refractivity contribution in [2.45, 2.75) is 69.9 Å². The normalized spacial score (nSPS) is 22.7. The minimum absolute atomic E-state index is 0.160. The number of carbonyl (C=O) groups excluding carboxylic acids is 1. The first-order valence-electron chi connectivity index (χ1n) is 8.94. The van der Waals surface area contributed by atoms with Gasteiger partial charge in [0.1, 0.15) is 11.6 Å². The molecule has 0 spiro atoms. The fourth-order valence-corrected chi connectivity index (χ4v) is 3.50. The van der Waals surface area contributed by atoms with Crippen molar-refractivity contribution in [3.63, 3.8) is 0 Å². The lowest BCUT2D eigenvalue weighted by Gasteiger charge is -2.31. The molecule has 1 amide bonds. The molecule has 2 aliphatic rings. The molecule has 1 aliphatic carbocycles. The SMILES string of the molecule is CC(C)c1noc([C@H](NC(=O)C2(O)CCCC2)C2CCOCC2)n1. The Labute approximate surface area is 142 Å². The molecular formula is C17H27N3O4. The van der Waals surface area contributed by atoms with E-state index >= 15 is 0 Å². The van der Waals surface area contributed by atoms with Crippen LogP contribution in [0.2, 0.25) is 0 Å². The minimum atomic E-state index is -1.26. The number of hydrogen-bond acceptors (Lipinski definition) is 6. The van der Waals surface area contributed by atoms with Gasteiger partial charge in [0.25, 0.3) is 5.91 Å². The summed E-state index contributed by atoms with van der Waals surface area (Å²) in [6, 6.07) is -0.369. The number of hydrogen-bond donors (Lipinski definition) is 2. The summed E-state index contributed by atoms with van der Waals surface area (Å²) in [6.07, 6.45) is 4.43. The van der Waals surface area contributed by atoms with Gasteiger partial charge in [-0.2, -0.15) is 4.98 Å². The highest BCUT2D eigenvalue weighted by Gasteiger charge is 2.42. The number of rotatable bonds is 5. The first-order chi connectivity index (χ1) is 11.5. The van der Waals surface area contributed by atoms with Crippen molar-refractivity contribution < 1.29 is 19.2 Å². The molecule has 3 rings (SSSR count). The lowest BCUT2D eigenvalue weighted by Crippen LogP contribution is -2.48. The molecule has 2 heterocycles. The van der Waals surface area contributed by atoms with E-state index in [9.17, 15) is 9.90 Å². The molecule has 2 fully saturated rings. The second-order valence-corrected chi connectivity index (χ2v) is 7.29. The van der Waals surface area contributed by atoms with Gasteiger partial charge in [0, 0.05) is 19.1 Å². The second-order valence-electron chi connectivity index (χ2n) is 7.29. The number of amides is 1. The lowest BCUT2D eigenvalue weighted by molar-refractivity contribution is -0.141. The molecule has 1 saturated carbocycles. The molecule has 2 N–H and O–H groups in total. The van der Waals surface area contributed by atoms with Gasteiger partial charge in [-0.3, -0.25) is 4.79 Å². The van der Waals surface area contributed by atoms with E-state index in [0.29, 0.717) is 37.8 Å². The zero-order valence-corrected chi connectivity index (χ0v) is 14.5. The monoisotopic (exact) mass is 337 g/mol. The fraction of sp³-hybridized carbons (Fsp3) is 0.824. The van der Waals surface area contributed by atoms with E-state index in [1.165, 1.54) is 0 Å². The maximum Gasteiger partial charge on any atom is 0.252 e. The average molecular weight is 337 g/mol. The highest BCUT2D eigenvalue weighted by molar-refractivity contribution is 5.85. The predicted molar refractivity (Wildman–Crippen MR) is 86.2 cm³/mol. The van der Waals surface area contributed by atoms with Crippen molar-refractivity contribution >= 4 is 5.91 Å². The van der Waals surface area contributed by atoms with Crippen LogP contribution < -0.4 is 5.32 Å². The van der Waals surface area contributed by atoms with Crippen LogP contribution in [0.3, 0.4) is 0 Å².